The van der Waals surface area contributed by atoms with Gasteiger partial charge in [0.2, 0.25) is 0 Å². The Hall–Kier alpha value is 1.01. The maximum absolute atomic E-state index is 5.80. The van der Waals surface area contributed by atoms with E-state index in [9.17, 15) is 0 Å². The molecule has 0 atom stereocenters. The molecule has 0 fully saturated rings. The first-order valence-electron chi connectivity index (χ1n) is 6.63. The van der Waals surface area contributed by atoms with Crippen LogP contribution >= 0.6 is 28.8 Å². The molecule has 0 saturated heterocycles. The Morgan fingerprint density at radius 3 is 2.00 bits per heavy atom. The van der Waals surface area contributed by atoms with Crippen molar-refractivity contribution in [3.63, 3.8) is 0 Å². The van der Waals surface area contributed by atoms with Crippen LogP contribution in [0.2, 0.25) is 0 Å². The summed E-state index contributed by atoms with van der Waals surface area (Å²) in [5.41, 5.74) is -2.25. The second kappa shape index (κ2) is 10.7. The van der Waals surface area contributed by atoms with Gasteiger partial charge in [-0.3, -0.25) is 0 Å². The van der Waals surface area contributed by atoms with Gasteiger partial charge in [-0.2, -0.15) is 11.8 Å². The molecule has 114 valence electrons. The van der Waals surface area contributed by atoms with Crippen molar-refractivity contribution in [2.75, 3.05) is 11.5 Å². The van der Waals surface area contributed by atoms with Crippen molar-refractivity contribution < 1.29 is 9.05 Å². The van der Waals surface area contributed by atoms with Crippen LogP contribution < -0.4 is 0 Å². The highest BCUT2D eigenvalue weighted by Gasteiger charge is 2.22. The van der Waals surface area contributed by atoms with Crippen LogP contribution in [-0.2, 0) is 20.9 Å². The van der Waals surface area contributed by atoms with Crippen molar-refractivity contribution in [2.45, 2.75) is 53.8 Å². The minimum absolute atomic E-state index is 0.0980. The summed E-state index contributed by atoms with van der Waals surface area (Å²) in [6.07, 6.45) is 2.34. The van der Waals surface area contributed by atoms with Crippen molar-refractivity contribution in [1.29, 1.82) is 0 Å². The molecular weight excluding hydrogens is 315 g/mol. The first kappa shape index (κ1) is 20.0. The summed E-state index contributed by atoms with van der Waals surface area (Å²) in [4.78, 5) is 0. The molecule has 0 aliphatic carbocycles. The van der Waals surface area contributed by atoms with Crippen molar-refractivity contribution >= 4 is 40.6 Å². The van der Waals surface area contributed by atoms with Gasteiger partial charge in [0.25, 0.3) is 5.69 Å². The smallest absolute Gasteiger partial charge is 0.252 e. The van der Waals surface area contributed by atoms with E-state index < -0.39 is 5.69 Å². The highest BCUT2D eigenvalue weighted by Crippen LogP contribution is 2.63. The summed E-state index contributed by atoms with van der Waals surface area (Å²) < 4.78 is 11.6. The standard InChI is InChI=1S/C13H27O2PS3/c1-11(2)10-18-8-7-9-19-16(17,14-12(3)4)15-13(5)6/h7,9,11-13H,8,10H2,1-6H3/b9-7-. The fourth-order valence-electron chi connectivity index (χ4n) is 1.12. The molecule has 0 heterocycles. The molecule has 0 aliphatic heterocycles. The third-order valence-electron chi connectivity index (χ3n) is 1.63. The SMILES string of the molecule is CC(C)CSC/C=C\SP(=S)(OC(C)C)OC(C)C. The lowest BCUT2D eigenvalue weighted by atomic mass is 10.3. The van der Waals surface area contributed by atoms with E-state index in [1.54, 1.807) is 0 Å². The van der Waals surface area contributed by atoms with E-state index >= 15 is 0 Å². The van der Waals surface area contributed by atoms with Crippen LogP contribution in [0.15, 0.2) is 11.5 Å². The maximum atomic E-state index is 5.80. The highest BCUT2D eigenvalue weighted by atomic mass is 32.9. The topological polar surface area (TPSA) is 18.5 Å². The molecule has 0 aliphatic rings. The molecule has 6 heteroatoms. The van der Waals surface area contributed by atoms with Crippen molar-refractivity contribution in [2.24, 2.45) is 5.92 Å². The van der Waals surface area contributed by atoms with E-state index in [1.165, 1.54) is 17.1 Å². The van der Waals surface area contributed by atoms with Gasteiger partial charge >= 0.3 is 0 Å². The molecule has 0 aromatic heterocycles. The van der Waals surface area contributed by atoms with E-state index in [0.717, 1.165) is 11.7 Å². The Balaban J connectivity index is 4.19. The molecular formula is C13H27O2PS3. The van der Waals surface area contributed by atoms with Gasteiger partial charge in [-0.05, 0) is 68.0 Å². The lowest BCUT2D eigenvalue weighted by Gasteiger charge is -2.24. The Labute approximate surface area is 132 Å². The molecule has 0 bridgehead atoms. The molecule has 0 spiro atoms. The zero-order chi connectivity index (χ0) is 14.9. The lowest BCUT2D eigenvalue weighted by molar-refractivity contribution is 0.186. The number of hydrogen-bond acceptors (Lipinski definition) is 5. The summed E-state index contributed by atoms with van der Waals surface area (Å²) >= 11 is 9.01. The average Bonchev–Trinajstić information content (AvgIpc) is 2.20. The summed E-state index contributed by atoms with van der Waals surface area (Å²) in [6, 6.07) is 0. The van der Waals surface area contributed by atoms with Gasteiger partial charge < -0.3 is 9.05 Å². The van der Waals surface area contributed by atoms with Crippen molar-refractivity contribution in [3.8, 4) is 0 Å². The zero-order valence-electron chi connectivity index (χ0n) is 12.8. The third kappa shape index (κ3) is 12.5. The van der Waals surface area contributed by atoms with Gasteiger partial charge in [0.05, 0.1) is 12.2 Å². The Kier molecular flexibility index (Phi) is 11.3. The number of hydrogen-bond donors (Lipinski definition) is 0. The largest absolute Gasteiger partial charge is 0.319 e. The van der Waals surface area contributed by atoms with Crippen molar-refractivity contribution in [1.82, 2.24) is 0 Å². The summed E-state index contributed by atoms with van der Waals surface area (Å²) in [6.45, 7) is 12.4. The second-order valence-corrected chi connectivity index (χ2v) is 12.2. The van der Waals surface area contributed by atoms with Gasteiger partial charge in [-0.25, -0.2) is 0 Å². The predicted octanol–water partition coefficient (Wildman–Crippen LogP) is 5.70. The van der Waals surface area contributed by atoms with Crippen LogP contribution in [0.3, 0.4) is 0 Å². The normalized spacial score (nSPS) is 13.3. The van der Waals surface area contributed by atoms with Crippen LogP contribution in [0.25, 0.3) is 0 Å². The molecule has 0 radical (unpaired) electrons. The van der Waals surface area contributed by atoms with E-state index in [4.69, 9.17) is 20.9 Å². The van der Waals surface area contributed by atoms with Gasteiger partial charge in [0.15, 0.2) is 0 Å². The van der Waals surface area contributed by atoms with Crippen LogP contribution in [0.1, 0.15) is 41.5 Å². The van der Waals surface area contributed by atoms with E-state index in [-0.39, 0.29) is 12.2 Å². The number of thioether (sulfide) groups is 1. The van der Waals surface area contributed by atoms with Crippen LogP contribution in [0.4, 0.5) is 0 Å². The first-order chi connectivity index (χ1) is 8.75. The fraction of sp³-hybridized carbons (Fsp3) is 0.846. The fourth-order valence-corrected chi connectivity index (χ4v) is 7.11. The van der Waals surface area contributed by atoms with Crippen LogP contribution in [0.5, 0.6) is 0 Å². The molecule has 0 unspecified atom stereocenters. The first-order valence-corrected chi connectivity index (χ1v) is 11.9. The Morgan fingerprint density at radius 2 is 1.58 bits per heavy atom. The van der Waals surface area contributed by atoms with Gasteiger partial charge in [-0.1, -0.05) is 19.9 Å². The Bertz CT molecular complexity index is 290. The molecule has 2 nitrogen and oxygen atoms in total. The van der Waals surface area contributed by atoms with Gasteiger partial charge in [0, 0.05) is 5.75 Å². The lowest BCUT2D eigenvalue weighted by Crippen LogP contribution is -2.05. The predicted molar refractivity (Wildman–Crippen MR) is 95.6 cm³/mol. The third-order valence-corrected chi connectivity index (χ3v) is 7.84. The highest BCUT2D eigenvalue weighted by molar-refractivity contribution is 8.69. The minimum Gasteiger partial charge on any atom is -0.319 e. The minimum atomic E-state index is -2.25. The Morgan fingerprint density at radius 1 is 1.05 bits per heavy atom. The average molecular weight is 343 g/mol. The molecule has 0 aromatic carbocycles. The monoisotopic (exact) mass is 342 g/mol. The molecule has 0 N–H and O–H groups in total. The van der Waals surface area contributed by atoms with E-state index in [0.29, 0.717) is 0 Å². The van der Waals surface area contributed by atoms with E-state index in [1.807, 2.05) is 44.9 Å². The van der Waals surface area contributed by atoms with Crippen LogP contribution in [0, 0.1) is 5.92 Å². The van der Waals surface area contributed by atoms with Gasteiger partial charge in [0.1, 0.15) is 0 Å². The summed E-state index contributed by atoms with van der Waals surface area (Å²) in [5.74, 6) is 2.95. The molecule has 0 aromatic rings. The zero-order valence-corrected chi connectivity index (χ0v) is 16.1. The molecule has 0 saturated carbocycles. The molecule has 0 rings (SSSR count). The summed E-state index contributed by atoms with van der Waals surface area (Å²) in [5, 5.41) is 2.04. The van der Waals surface area contributed by atoms with Crippen LogP contribution in [-0.4, -0.2) is 23.7 Å². The van der Waals surface area contributed by atoms with E-state index in [2.05, 4.69) is 19.9 Å². The summed E-state index contributed by atoms with van der Waals surface area (Å²) in [7, 11) is 0. The van der Waals surface area contributed by atoms with Gasteiger partial charge in [-0.15, -0.1) is 0 Å². The quantitative estimate of drug-likeness (QED) is 0.373. The second-order valence-electron chi connectivity index (χ2n) is 5.16. The maximum Gasteiger partial charge on any atom is 0.252 e. The van der Waals surface area contributed by atoms with Crippen molar-refractivity contribution in [3.05, 3.63) is 11.5 Å². The molecule has 19 heavy (non-hydrogen) atoms. The molecule has 0 amide bonds. The number of rotatable bonds is 10.